The summed E-state index contributed by atoms with van der Waals surface area (Å²) < 4.78 is 0. The van der Waals surface area contributed by atoms with Crippen LogP contribution >= 0.6 is 0 Å². The van der Waals surface area contributed by atoms with Crippen LogP contribution in [-0.4, -0.2) is 15.0 Å². The molecule has 2 aliphatic rings. The number of aromatic nitrogens is 3. The summed E-state index contributed by atoms with van der Waals surface area (Å²) in [5.41, 5.74) is 7.18. The Hall–Kier alpha value is -3.07. The van der Waals surface area contributed by atoms with E-state index in [1.165, 1.54) is 24.1 Å². The van der Waals surface area contributed by atoms with Crippen molar-refractivity contribution < 1.29 is 0 Å². The van der Waals surface area contributed by atoms with Gasteiger partial charge in [0.05, 0.1) is 16.9 Å². The van der Waals surface area contributed by atoms with Gasteiger partial charge in [0.15, 0.2) is 5.82 Å². The summed E-state index contributed by atoms with van der Waals surface area (Å²) in [6.07, 6.45) is 4.51. The van der Waals surface area contributed by atoms with Crippen molar-refractivity contribution in [1.82, 2.24) is 15.0 Å². The zero-order valence-electron chi connectivity index (χ0n) is 18.6. The molecule has 3 heteroatoms. The molecule has 0 saturated heterocycles. The van der Waals surface area contributed by atoms with Gasteiger partial charge in [0.1, 0.15) is 0 Å². The lowest BCUT2D eigenvalue weighted by atomic mass is 9.64. The largest absolute Gasteiger partial charge is 0.248 e. The molecule has 0 spiro atoms. The lowest BCUT2D eigenvalue weighted by molar-refractivity contribution is 0.170. The highest BCUT2D eigenvalue weighted by atomic mass is 14.9. The monoisotopic (exact) mass is 405 g/mol. The van der Waals surface area contributed by atoms with Crippen molar-refractivity contribution in [3.8, 4) is 22.6 Å². The van der Waals surface area contributed by atoms with E-state index in [4.69, 9.17) is 15.0 Å². The number of para-hydroxylation sites is 1. The Morgan fingerprint density at radius 2 is 1.52 bits per heavy atom. The molecule has 0 radical (unpaired) electrons. The summed E-state index contributed by atoms with van der Waals surface area (Å²) in [5, 5.41) is 1.16. The average Bonchev–Trinajstić information content (AvgIpc) is 3.06. The molecule has 2 bridgehead atoms. The summed E-state index contributed by atoms with van der Waals surface area (Å²) in [5.74, 6) is 0.814. The van der Waals surface area contributed by atoms with Gasteiger partial charge in [-0.25, -0.2) is 15.0 Å². The van der Waals surface area contributed by atoms with Crippen molar-refractivity contribution in [3.05, 3.63) is 78.1 Å². The van der Waals surface area contributed by atoms with Gasteiger partial charge in [-0.15, -0.1) is 0 Å². The smallest absolute Gasteiger partial charge is 0.159 e. The molecule has 2 aliphatic carbocycles. The van der Waals surface area contributed by atoms with E-state index in [1.807, 2.05) is 12.1 Å². The second kappa shape index (κ2) is 6.00. The van der Waals surface area contributed by atoms with Crippen LogP contribution in [0, 0.1) is 5.41 Å². The van der Waals surface area contributed by atoms with E-state index in [1.54, 1.807) is 0 Å². The van der Waals surface area contributed by atoms with E-state index in [2.05, 4.69) is 82.4 Å². The van der Waals surface area contributed by atoms with Crippen LogP contribution in [0.1, 0.15) is 51.8 Å². The van der Waals surface area contributed by atoms with Crippen molar-refractivity contribution in [1.29, 1.82) is 0 Å². The summed E-state index contributed by atoms with van der Waals surface area (Å²) in [4.78, 5) is 14.9. The Kier molecular flexibility index (Phi) is 3.62. The van der Waals surface area contributed by atoms with Gasteiger partial charge in [0.2, 0.25) is 0 Å². The van der Waals surface area contributed by atoms with E-state index in [9.17, 15) is 0 Å². The zero-order chi connectivity index (χ0) is 21.4. The summed E-state index contributed by atoms with van der Waals surface area (Å²) >= 11 is 0. The van der Waals surface area contributed by atoms with Crippen LogP contribution in [0.15, 0.2) is 66.9 Å². The minimum Gasteiger partial charge on any atom is -0.248 e. The van der Waals surface area contributed by atoms with Crippen LogP contribution in [-0.2, 0) is 10.8 Å². The van der Waals surface area contributed by atoms with Gasteiger partial charge >= 0.3 is 0 Å². The van der Waals surface area contributed by atoms with Crippen molar-refractivity contribution in [2.75, 3.05) is 0 Å². The molecule has 4 aromatic rings. The third kappa shape index (κ3) is 2.32. The molecule has 0 N–H and O–H groups in total. The fourth-order valence-corrected chi connectivity index (χ4v) is 6.01. The normalized spacial score (nSPS) is 25.7. The quantitative estimate of drug-likeness (QED) is 0.372. The molecule has 2 aromatic heterocycles. The van der Waals surface area contributed by atoms with Crippen molar-refractivity contribution in [3.63, 3.8) is 0 Å². The van der Waals surface area contributed by atoms with Gasteiger partial charge in [-0.05, 0) is 42.0 Å². The molecule has 2 unspecified atom stereocenters. The first kappa shape index (κ1) is 18.7. The standard InChI is InChI=1S/C28H27N3/c1-26(2)27(3)14-15-28(26,4)24-21(27)17-29-25(31-24)20-10-7-9-19(16-20)23-13-12-18-8-5-6-11-22(18)30-23/h5-13,16-17H,14-15H2,1-4H3. The SMILES string of the molecule is CC12CCC(C)(c3nc(-c4cccc(-c5ccc6ccccc6n5)c4)ncc31)C2(C)C. The van der Waals surface area contributed by atoms with Gasteiger partial charge in [0.25, 0.3) is 0 Å². The minimum atomic E-state index is 0.103. The Morgan fingerprint density at radius 1 is 0.742 bits per heavy atom. The van der Waals surface area contributed by atoms with Gasteiger partial charge in [-0.3, -0.25) is 0 Å². The highest BCUT2D eigenvalue weighted by molar-refractivity contribution is 5.82. The van der Waals surface area contributed by atoms with Crippen molar-refractivity contribution in [2.45, 2.75) is 51.4 Å². The Labute approximate surface area is 183 Å². The number of hydrogen-bond donors (Lipinski definition) is 0. The first-order chi connectivity index (χ1) is 14.8. The van der Waals surface area contributed by atoms with E-state index < -0.39 is 0 Å². The number of rotatable bonds is 2. The van der Waals surface area contributed by atoms with Gasteiger partial charge < -0.3 is 0 Å². The zero-order valence-corrected chi connectivity index (χ0v) is 18.6. The predicted octanol–water partition coefficient (Wildman–Crippen LogP) is 6.71. The van der Waals surface area contributed by atoms with Crippen LogP contribution in [0.4, 0.5) is 0 Å². The van der Waals surface area contributed by atoms with Crippen molar-refractivity contribution in [2.24, 2.45) is 5.41 Å². The van der Waals surface area contributed by atoms with Crippen LogP contribution in [0.5, 0.6) is 0 Å². The fourth-order valence-electron chi connectivity index (χ4n) is 6.01. The number of benzene rings is 2. The lowest BCUT2D eigenvalue weighted by Crippen LogP contribution is -2.37. The molecule has 1 fully saturated rings. The van der Waals surface area contributed by atoms with Crippen molar-refractivity contribution >= 4 is 10.9 Å². The molecule has 3 nitrogen and oxygen atoms in total. The topological polar surface area (TPSA) is 38.7 Å². The predicted molar refractivity (Wildman–Crippen MR) is 126 cm³/mol. The Morgan fingerprint density at radius 3 is 2.39 bits per heavy atom. The van der Waals surface area contributed by atoms with Crippen LogP contribution in [0.25, 0.3) is 33.5 Å². The Balaban J connectivity index is 1.45. The lowest BCUT2D eigenvalue weighted by Gasteiger charge is -2.38. The second-order valence-corrected chi connectivity index (χ2v) is 10.2. The first-order valence-electron chi connectivity index (χ1n) is 11.2. The highest BCUT2D eigenvalue weighted by Gasteiger charge is 2.66. The number of pyridine rings is 1. The van der Waals surface area contributed by atoms with Gasteiger partial charge in [-0.1, -0.05) is 70.2 Å². The van der Waals surface area contributed by atoms with Gasteiger partial charge in [0, 0.05) is 33.5 Å². The molecule has 0 aliphatic heterocycles. The maximum Gasteiger partial charge on any atom is 0.159 e. The molecule has 2 aromatic carbocycles. The number of fused-ring (bicyclic) bond motifs is 6. The molecular weight excluding hydrogens is 378 g/mol. The molecular formula is C28H27N3. The summed E-state index contributed by atoms with van der Waals surface area (Å²) in [7, 11) is 0. The minimum absolute atomic E-state index is 0.103. The third-order valence-electron chi connectivity index (χ3n) is 8.80. The average molecular weight is 406 g/mol. The van der Waals surface area contributed by atoms with E-state index in [0.717, 1.165) is 33.5 Å². The molecule has 6 rings (SSSR count). The van der Waals surface area contributed by atoms with E-state index in [0.29, 0.717) is 0 Å². The molecule has 154 valence electrons. The summed E-state index contributed by atoms with van der Waals surface area (Å²) in [6.45, 7) is 9.62. The molecule has 31 heavy (non-hydrogen) atoms. The molecule has 2 heterocycles. The van der Waals surface area contributed by atoms with E-state index in [-0.39, 0.29) is 16.2 Å². The third-order valence-corrected chi connectivity index (χ3v) is 8.80. The second-order valence-electron chi connectivity index (χ2n) is 10.2. The summed E-state index contributed by atoms with van der Waals surface area (Å²) in [6, 6.07) is 20.9. The maximum absolute atomic E-state index is 5.17. The molecule has 0 amide bonds. The Bertz CT molecular complexity index is 1360. The van der Waals surface area contributed by atoms with E-state index >= 15 is 0 Å². The highest BCUT2D eigenvalue weighted by Crippen LogP contribution is 2.70. The molecule has 1 saturated carbocycles. The van der Waals surface area contributed by atoms with Crippen LogP contribution in [0.2, 0.25) is 0 Å². The maximum atomic E-state index is 5.17. The first-order valence-corrected chi connectivity index (χ1v) is 11.2. The fraction of sp³-hybridized carbons (Fsp3) is 0.321. The van der Waals surface area contributed by atoms with Crippen LogP contribution in [0.3, 0.4) is 0 Å². The number of hydrogen-bond acceptors (Lipinski definition) is 3. The molecule has 2 atom stereocenters. The van der Waals surface area contributed by atoms with Crippen LogP contribution < -0.4 is 0 Å². The number of nitrogens with zero attached hydrogens (tertiary/aromatic N) is 3. The van der Waals surface area contributed by atoms with Gasteiger partial charge in [-0.2, -0.15) is 0 Å².